The molecule has 0 atom stereocenters. The number of hydrogen-bond donors (Lipinski definition) is 2. The van der Waals surface area contributed by atoms with Crippen molar-refractivity contribution in [2.75, 3.05) is 33.2 Å². The molecule has 0 aliphatic heterocycles. The molecule has 11 nitrogen and oxygen atoms in total. The van der Waals surface area contributed by atoms with E-state index in [0.717, 1.165) is 12.8 Å². The Balaban J connectivity index is 1.41. The highest BCUT2D eigenvalue weighted by Crippen LogP contribution is 2.40. The Labute approximate surface area is 183 Å². The number of carbonyl (C=O) groups is 1. The minimum atomic E-state index is -0.444. The molecule has 1 fully saturated rings. The maximum atomic E-state index is 12.8. The summed E-state index contributed by atoms with van der Waals surface area (Å²) >= 11 is 0. The van der Waals surface area contributed by atoms with Crippen LogP contribution in [0.2, 0.25) is 0 Å². The highest BCUT2D eigenvalue weighted by atomic mass is 16.5. The molecule has 0 spiro atoms. The maximum absolute atomic E-state index is 12.8. The highest BCUT2D eigenvalue weighted by molar-refractivity contribution is 5.90. The molecule has 2 aromatic heterocycles. The number of nitrogens with one attached hydrogen (secondary N) is 2. The van der Waals surface area contributed by atoms with Crippen molar-refractivity contribution >= 4 is 11.7 Å². The summed E-state index contributed by atoms with van der Waals surface area (Å²) < 4.78 is 24.3. The third kappa shape index (κ3) is 4.27. The van der Waals surface area contributed by atoms with Crippen LogP contribution in [0.15, 0.2) is 39.7 Å². The lowest BCUT2D eigenvalue weighted by atomic mass is 10.2. The Kier molecular flexibility index (Phi) is 6.06. The standard InChI is InChI=1S/C21H25N5O6/c1-29-16-11-13(12-17(30-2)18(16)31-3)23-20(27)22-8-9-25-21(28)26(14-6-7-14)19(24-25)15-5-4-10-32-15/h4-5,10-12,14H,6-9H2,1-3H3,(H2,22,23,27). The van der Waals surface area contributed by atoms with Gasteiger partial charge in [-0.1, -0.05) is 0 Å². The third-order valence-electron chi connectivity index (χ3n) is 5.06. The van der Waals surface area contributed by atoms with Gasteiger partial charge in [-0.3, -0.25) is 4.57 Å². The van der Waals surface area contributed by atoms with Crippen LogP contribution < -0.4 is 30.5 Å². The zero-order valence-electron chi connectivity index (χ0n) is 18.1. The van der Waals surface area contributed by atoms with Gasteiger partial charge in [0.2, 0.25) is 11.6 Å². The fraction of sp³-hybridized carbons (Fsp3) is 0.381. The number of amides is 2. The van der Waals surface area contributed by atoms with Crippen molar-refractivity contribution in [3.63, 3.8) is 0 Å². The van der Waals surface area contributed by atoms with Gasteiger partial charge in [-0.2, -0.15) is 0 Å². The Bertz CT molecular complexity index is 1120. The molecular formula is C21H25N5O6. The van der Waals surface area contributed by atoms with Crippen molar-refractivity contribution in [2.45, 2.75) is 25.4 Å². The van der Waals surface area contributed by atoms with Gasteiger partial charge in [0, 0.05) is 24.7 Å². The van der Waals surface area contributed by atoms with Crippen LogP contribution >= 0.6 is 0 Å². The van der Waals surface area contributed by atoms with Gasteiger partial charge in [0.25, 0.3) is 0 Å². The molecular weight excluding hydrogens is 418 g/mol. The van der Waals surface area contributed by atoms with Crippen molar-refractivity contribution in [1.82, 2.24) is 19.7 Å². The van der Waals surface area contributed by atoms with Crippen LogP contribution in [0.5, 0.6) is 17.2 Å². The number of urea groups is 1. The molecule has 32 heavy (non-hydrogen) atoms. The molecule has 1 aliphatic carbocycles. The molecule has 0 bridgehead atoms. The van der Waals surface area contributed by atoms with Crippen molar-refractivity contribution in [1.29, 1.82) is 0 Å². The predicted molar refractivity (Wildman–Crippen MR) is 116 cm³/mol. The van der Waals surface area contributed by atoms with Gasteiger partial charge < -0.3 is 29.3 Å². The number of furan rings is 1. The molecule has 1 aliphatic rings. The minimum absolute atomic E-state index is 0.146. The number of rotatable bonds is 9. The van der Waals surface area contributed by atoms with Gasteiger partial charge in [-0.25, -0.2) is 14.3 Å². The van der Waals surface area contributed by atoms with Crippen LogP contribution in [0.3, 0.4) is 0 Å². The quantitative estimate of drug-likeness (QED) is 0.521. The van der Waals surface area contributed by atoms with Gasteiger partial charge in [-0.15, -0.1) is 5.10 Å². The minimum Gasteiger partial charge on any atom is -0.493 e. The Hall–Kier alpha value is -3.89. The Morgan fingerprint density at radius 3 is 2.47 bits per heavy atom. The van der Waals surface area contributed by atoms with Gasteiger partial charge in [-0.05, 0) is 25.0 Å². The first-order valence-electron chi connectivity index (χ1n) is 10.1. The van der Waals surface area contributed by atoms with E-state index in [9.17, 15) is 9.59 Å². The fourth-order valence-electron chi connectivity index (χ4n) is 3.41. The smallest absolute Gasteiger partial charge is 0.346 e. The van der Waals surface area contributed by atoms with E-state index in [1.165, 1.54) is 26.0 Å². The zero-order chi connectivity index (χ0) is 22.7. The molecule has 2 heterocycles. The van der Waals surface area contributed by atoms with Crippen LogP contribution in [-0.4, -0.2) is 48.3 Å². The van der Waals surface area contributed by atoms with Crippen molar-refractivity contribution in [3.05, 3.63) is 41.0 Å². The first-order valence-corrected chi connectivity index (χ1v) is 10.1. The fourth-order valence-corrected chi connectivity index (χ4v) is 3.41. The summed E-state index contributed by atoms with van der Waals surface area (Å²) in [5.74, 6) is 2.32. The van der Waals surface area contributed by atoms with Crippen molar-refractivity contribution in [3.8, 4) is 28.8 Å². The average Bonchev–Trinajstić information content (AvgIpc) is 3.36. The summed E-state index contributed by atoms with van der Waals surface area (Å²) in [6, 6.07) is 6.48. The van der Waals surface area contributed by atoms with E-state index < -0.39 is 6.03 Å². The van der Waals surface area contributed by atoms with Crippen LogP contribution in [0.1, 0.15) is 18.9 Å². The van der Waals surface area contributed by atoms with Crippen LogP contribution in [0.25, 0.3) is 11.6 Å². The molecule has 4 rings (SSSR count). The normalized spacial score (nSPS) is 13.0. The second-order valence-corrected chi connectivity index (χ2v) is 7.20. The summed E-state index contributed by atoms with van der Waals surface area (Å²) in [5, 5.41) is 9.85. The van der Waals surface area contributed by atoms with Gasteiger partial charge in [0.15, 0.2) is 17.3 Å². The second-order valence-electron chi connectivity index (χ2n) is 7.20. The van der Waals surface area contributed by atoms with Crippen LogP contribution in [0, 0.1) is 0 Å². The van der Waals surface area contributed by atoms with Gasteiger partial charge >= 0.3 is 11.7 Å². The molecule has 3 aromatic rings. The average molecular weight is 443 g/mol. The molecule has 170 valence electrons. The zero-order valence-corrected chi connectivity index (χ0v) is 18.1. The summed E-state index contributed by atoms with van der Waals surface area (Å²) in [4.78, 5) is 25.1. The third-order valence-corrected chi connectivity index (χ3v) is 5.06. The first kappa shape index (κ1) is 21.3. The van der Waals surface area contributed by atoms with E-state index in [4.69, 9.17) is 18.6 Å². The molecule has 11 heteroatoms. The summed E-state index contributed by atoms with van der Waals surface area (Å²) in [5.41, 5.74) is 0.248. The number of benzene rings is 1. The van der Waals surface area contributed by atoms with Gasteiger partial charge in [0.1, 0.15) is 0 Å². The molecule has 2 N–H and O–H groups in total. The lowest BCUT2D eigenvalue weighted by molar-refractivity contribution is 0.251. The maximum Gasteiger partial charge on any atom is 0.346 e. The number of methoxy groups -OCH3 is 3. The van der Waals surface area contributed by atoms with E-state index in [1.807, 2.05) is 0 Å². The highest BCUT2D eigenvalue weighted by Gasteiger charge is 2.31. The van der Waals surface area contributed by atoms with Crippen LogP contribution in [0.4, 0.5) is 10.5 Å². The van der Waals surface area contributed by atoms with E-state index in [2.05, 4.69) is 15.7 Å². The Morgan fingerprint density at radius 2 is 1.91 bits per heavy atom. The Morgan fingerprint density at radius 1 is 1.19 bits per heavy atom. The molecule has 0 saturated heterocycles. The predicted octanol–water partition coefficient (Wildman–Crippen LogP) is 2.49. The summed E-state index contributed by atoms with van der Waals surface area (Å²) in [6.45, 7) is 0.421. The van der Waals surface area contributed by atoms with E-state index >= 15 is 0 Å². The molecule has 0 unspecified atom stereocenters. The molecule has 1 aromatic carbocycles. The van der Waals surface area contributed by atoms with Gasteiger partial charge in [0.05, 0.1) is 39.8 Å². The van der Waals surface area contributed by atoms with E-state index in [0.29, 0.717) is 34.5 Å². The SMILES string of the molecule is COc1cc(NC(=O)NCCn2nc(-c3ccco3)n(C3CC3)c2=O)cc(OC)c1OC. The number of anilines is 1. The molecule has 1 saturated carbocycles. The number of nitrogens with zero attached hydrogens (tertiary/aromatic N) is 3. The van der Waals surface area contributed by atoms with Crippen molar-refractivity contribution in [2.24, 2.45) is 0 Å². The largest absolute Gasteiger partial charge is 0.493 e. The van der Waals surface area contributed by atoms with E-state index in [-0.39, 0.29) is 24.8 Å². The second kappa shape index (κ2) is 9.08. The monoisotopic (exact) mass is 443 g/mol. The van der Waals surface area contributed by atoms with Crippen molar-refractivity contribution < 1.29 is 23.4 Å². The van der Waals surface area contributed by atoms with Crippen LogP contribution in [-0.2, 0) is 6.54 Å². The number of aromatic nitrogens is 3. The number of ether oxygens (including phenoxy) is 3. The lowest BCUT2D eigenvalue weighted by Gasteiger charge is -2.14. The topological polar surface area (TPSA) is 122 Å². The lowest BCUT2D eigenvalue weighted by Crippen LogP contribution is -2.34. The molecule has 0 radical (unpaired) electrons. The summed E-state index contributed by atoms with van der Waals surface area (Å²) in [6.07, 6.45) is 3.43. The number of carbonyl (C=O) groups excluding carboxylic acids is 1. The molecule has 2 amide bonds. The first-order chi connectivity index (χ1) is 15.5. The summed E-state index contributed by atoms with van der Waals surface area (Å²) in [7, 11) is 4.50. The van der Waals surface area contributed by atoms with E-state index in [1.54, 1.807) is 35.1 Å². The number of hydrogen-bond acceptors (Lipinski definition) is 7.